The number of aliphatic hydroxyl groups excluding tert-OH is 1. The average Bonchev–Trinajstić information content (AvgIpc) is 2.44. The lowest BCUT2D eigenvalue weighted by Gasteiger charge is -2.07. The van der Waals surface area contributed by atoms with Gasteiger partial charge in [-0.2, -0.15) is 17.0 Å². The van der Waals surface area contributed by atoms with E-state index >= 15 is 0 Å². The van der Waals surface area contributed by atoms with Crippen LogP contribution < -0.4 is 5.32 Å². The number of carbonyl (C=O) groups excluding carboxylic acids is 1. The van der Waals surface area contributed by atoms with E-state index in [2.05, 4.69) is 5.32 Å². The van der Waals surface area contributed by atoms with Gasteiger partial charge in [-0.3, -0.25) is 4.79 Å². The van der Waals surface area contributed by atoms with Gasteiger partial charge in [0.15, 0.2) is 0 Å². The third-order valence-electron chi connectivity index (χ3n) is 2.49. The Morgan fingerprint density at radius 3 is 2.74 bits per heavy atom. The van der Waals surface area contributed by atoms with Gasteiger partial charge in [0.25, 0.3) is 0 Å². The fraction of sp³-hybridized carbons (Fsp3) is 0.429. The Kier molecular flexibility index (Phi) is 7.01. The van der Waals surface area contributed by atoms with Gasteiger partial charge in [-0.1, -0.05) is 6.92 Å². The van der Waals surface area contributed by atoms with E-state index in [0.717, 1.165) is 11.5 Å². The quantitative estimate of drug-likeness (QED) is 0.750. The molecule has 19 heavy (non-hydrogen) atoms. The van der Waals surface area contributed by atoms with Crippen LogP contribution >= 0.6 is 11.8 Å². The van der Waals surface area contributed by atoms with Gasteiger partial charge in [-0.05, 0) is 35.9 Å². The summed E-state index contributed by atoms with van der Waals surface area (Å²) in [6, 6.07) is 8.82. The number of hydrogen-bond acceptors (Lipinski definition) is 4. The van der Waals surface area contributed by atoms with Crippen molar-refractivity contribution in [1.29, 1.82) is 5.26 Å². The molecule has 0 heterocycles. The van der Waals surface area contributed by atoms with Crippen LogP contribution in [0.15, 0.2) is 24.3 Å². The Hall–Kier alpha value is -1.51. The van der Waals surface area contributed by atoms with E-state index in [9.17, 15) is 4.79 Å². The summed E-state index contributed by atoms with van der Waals surface area (Å²) < 4.78 is 0. The highest BCUT2D eigenvalue weighted by Gasteiger charge is 2.04. The highest BCUT2D eigenvalue weighted by molar-refractivity contribution is 7.99. The van der Waals surface area contributed by atoms with E-state index in [1.807, 2.05) is 13.0 Å². The number of benzene rings is 1. The van der Waals surface area contributed by atoms with E-state index in [1.54, 1.807) is 36.0 Å². The molecular weight excluding hydrogens is 260 g/mol. The van der Waals surface area contributed by atoms with Gasteiger partial charge < -0.3 is 10.4 Å². The van der Waals surface area contributed by atoms with Crippen molar-refractivity contribution in [2.75, 3.05) is 23.4 Å². The lowest BCUT2D eigenvalue weighted by atomic mass is 10.2. The molecule has 0 aromatic heterocycles. The van der Waals surface area contributed by atoms with Crippen molar-refractivity contribution < 1.29 is 9.90 Å². The van der Waals surface area contributed by atoms with Crippen molar-refractivity contribution in [3.05, 3.63) is 29.8 Å². The predicted octanol–water partition coefficient (Wildman–Crippen LogP) is 2.25. The maximum absolute atomic E-state index is 11.6. The van der Waals surface area contributed by atoms with Crippen LogP contribution in [-0.4, -0.2) is 29.1 Å². The van der Waals surface area contributed by atoms with Gasteiger partial charge in [0.2, 0.25) is 5.91 Å². The van der Waals surface area contributed by atoms with Gasteiger partial charge in [-0.25, -0.2) is 0 Å². The molecule has 0 aliphatic rings. The van der Waals surface area contributed by atoms with Crippen molar-refractivity contribution in [3.63, 3.8) is 0 Å². The third-order valence-corrected chi connectivity index (χ3v) is 3.78. The number of nitriles is 1. The minimum atomic E-state index is -0.0335. The molecule has 0 fully saturated rings. The Bertz CT molecular complexity index is 440. The summed E-state index contributed by atoms with van der Waals surface area (Å²) in [5.41, 5.74) is 1.28. The second kappa shape index (κ2) is 8.57. The average molecular weight is 278 g/mol. The zero-order valence-corrected chi connectivity index (χ0v) is 11.7. The minimum absolute atomic E-state index is 0.0335. The SMILES string of the molecule is CC(CO)CSCCC(=O)Nc1ccc(C#N)cc1. The number of nitrogens with zero attached hydrogens (tertiary/aromatic N) is 1. The summed E-state index contributed by atoms with van der Waals surface area (Å²) in [4.78, 5) is 11.6. The second-order valence-electron chi connectivity index (χ2n) is 4.35. The van der Waals surface area contributed by atoms with Crippen LogP contribution in [0.5, 0.6) is 0 Å². The van der Waals surface area contributed by atoms with Crippen molar-refractivity contribution in [1.82, 2.24) is 0 Å². The molecule has 102 valence electrons. The molecule has 1 aromatic carbocycles. The topological polar surface area (TPSA) is 73.1 Å². The summed E-state index contributed by atoms with van der Waals surface area (Å²) in [7, 11) is 0. The number of nitrogens with one attached hydrogen (secondary N) is 1. The molecule has 0 saturated heterocycles. The Labute approximate surface area is 117 Å². The first-order chi connectivity index (χ1) is 9.15. The number of amides is 1. The number of rotatable bonds is 7. The van der Waals surface area contributed by atoms with Gasteiger partial charge in [-0.15, -0.1) is 0 Å². The lowest BCUT2D eigenvalue weighted by Crippen LogP contribution is -2.13. The molecular formula is C14H18N2O2S. The molecule has 0 bridgehead atoms. The summed E-state index contributed by atoms with van der Waals surface area (Å²) >= 11 is 1.67. The van der Waals surface area contributed by atoms with Crippen LogP contribution in [-0.2, 0) is 4.79 Å². The third kappa shape index (κ3) is 6.27. The first-order valence-electron chi connectivity index (χ1n) is 6.14. The number of anilines is 1. The van der Waals surface area contributed by atoms with Crippen molar-refractivity contribution in [3.8, 4) is 6.07 Å². The molecule has 0 spiro atoms. The molecule has 1 amide bonds. The fourth-order valence-corrected chi connectivity index (χ4v) is 2.36. The fourth-order valence-electron chi connectivity index (χ4n) is 1.35. The van der Waals surface area contributed by atoms with Crippen LogP contribution in [0.1, 0.15) is 18.9 Å². The van der Waals surface area contributed by atoms with E-state index in [-0.39, 0.29) is 18.4 Å². The van der Waals surface area contributed by atoms with Crippen LogP contribution in [0.3, 0.4) is 0 Å². The Morgan fingerprint density at radius 1 is 1.47 bits per heavy atom. The Morgan fingerprint density at radius 2 is 2.16 bits per heavy atom. The Balaban J connectivity index is 2.25. The summed E-state index contributed by atoms with van der Waals surface area (Å²) in [6.45, 7) is 2.16. The normalized spacial score (nSPS) is 11.6. The molecule has 1 rings (SSSR count). The maximum atomic E-state index is 11.6. The minimum Gasteiger partial charge on any atom is -0.396 e. The van der Waals surface area contributed by atoms with Crippen LogP contribution in [0, 0.1) is 17.2 Å². The van der Waals surface area contributed by atoms with Crippen LogP contribution in [0.4, 0.5) is 5.69 Å². The highest BCUT2D eigenvalue weighted by atomic mass is 32.2. The summed E-state index contributed by atoms with van der Waals surface area (Å²) in [6.07, 6.45) is 0.447. The zero-order chi connectivity index (χ0) is 14.1. The standard InChI is InChI=1S/C14H18N2O2S/c1-11(9-17)10-19-7-6-14(18)16-13-4-2-12(8-15)3-5-13/h2-5,11,17H,6-7,9-10H2,1H3,(H,16,18). The smallest absolute Gasteiger partial charge is 0.225 e. The first kappa shape index (κ1) is 15.5. The number of hydrogen-bond donors (Lipinski definition) is 2. The largest absolute Gasteiger partial charge is 0.396 e. The first-order valence-corrected chi connectivity index (χ1v) is 7.29. The molecule has 0 saturated carbocycles. The van der Waals surface area contributed by atoms with Crippen LogP contribution in [0.2, 0.25) is 0 Å². The molecule has 0 radical (unpaired) electrons. The second-order valence-corrected chi connectivity index (χ2v) is 5.50. The maximum Gasteiger partial charge on any atom is 0.225 e. The molecule has 0 aliphatic heterocycles. The highest BCUT2D eigenvalue weighted by Crippen LogP contribution is 2.12. The van der Waals surface area contributed by atoms with Gasteiger partial charge in [0, 0.05) is 24.5 Å². The monoisotopic (exact) mass is 278 g/mol. The van der Waals surface area contributed by atoms with Crippen molar-refractivity contribution in [2.24, 2.45) is 5.92 Å². The molecule has 1 atom stereocenters. The van der Waals surface area contributed by atoms with Crippen LogP contribution in [0.25, 0.3) is 0 Å². The van der Waals surface area contributed by atoms with E-state index in [4.69, 9.17) is 10.4 Å². The lowest BCUT2D eigenvalue weighted by molar-refractivity contribution is -0.115. The van der Waals surface area contributed by atoms with E-state index in [0.29, 0.717) is 17.7 Å². The molecule has 5 heteroatoms. The number of aliphatic hydroxyl groups is 1. The van der Waals surface area contributed by atoms with Gasteiger partial charge in [0.1, 0.15) is 0 Å². The van der Waals surface area contributed by atoms with Gasteiger partial charge >= 0.3 is 0 Å². The molecule has 2 N–H and O–H groups in total. The summed E-state index contributed by atoms with van der Waals surface area (Å²) in [5, 5.41) is 20.3. The molecule has 0 aliphatic carbocycles. The zero-order valence-electron chi connectivity index (χ0n) is 10.9. The number of carbonyl (C=O) groups is 1. The van der Waals surface area contributed by atoms with Gasteiger partial charge in [0.05, 0.1) is 11.6 Å². The molecule has 1 unspecified atom stereocenters. The predicted molar refractivity (Wildman–Crippen MR) is 78.0 cm³/mol. The molecule has 4 nitrogen and oxygen atoms in total. The van der Waals surface area contributed by atoms with Crippen molar-refractivity contribution in [2.45, 2.75) is 13.3 Å². The number of thioether (sulfide) groups is 1. The van der Waals surface area contributed by atoms with E-state index in [1.165, 1.54) is 0 Å². The van der Waals surface area contributed by atoms with Crippen molar-refractivity contribution >= 4 is 23.4 Å². The van der Waals surface area contributed by atoms with E-state index < -0.39 is 0 Å². The summed E-state index contributed by atoms with van der Waals surface area (Å²) in [5.74, 6) is 1.84. The molecule has 1 aromatic rings.